The quantitative estimate of drug-likeness (QED) is 0.0526. The summed E-state index contributed by atoms with van der Waals surface area (Å²) in [4.78, 5) is 28.5. The fourth-order valence-corrected chi connectivity index (χ4v) is 7.00. The monoisotopic (exact) mass is 631 g/mol. The molecular weight excluding hydrogens is 606 g/mol. The summed E-state index contributed by atoms with van der Waals surface area (Å²) in [5, 5.41) is 21.1. The van der Waals surface area contributed by atoms with Crippen LogP contribution < -0.4 is 14.4 Å². The molecule has 1 amide bonds. The molecular formula is C32H26ClN3O5S2. The minimum Gasteiger partial charge on any atom is -0.507 e. The van der Waals surface area contributed by atoms with Crippen LogP contribution in [0.3, 0.4) is 0 Å². The second-order valence-corrected chi connectivity index (χ2v) is 12.7. The first-order valence-electron chi connectivity index (χ1n) is 13.5. The van der Waals surface area contributed by atoms with Gasteiger partial charge in [-0.3, -0.25) is 14.5 Å². The summed E-state index contributed by atoms with van der Waals surface area (Å²) in [6, 6.07) is 18.9. The van der Waals surface area contributed by atoms with E-state index in [1.54, 1.807) is 48.5 Å². The van der Waals surface area contributed by atoms with E-state index in [-0.39, 0.29) is 22.6 Å². The Morgan fingerprint density at radius 3 is 2.67 bits per heavy atom. The Kier molecular flexibility index (Phi) is 8.25. The fourth-order valence-electron chi connectivity index (χ4n) is 5.06. The summed E-state index contributed by atoms with van der Waals surface area (Å²) in [6.07, 6.45) is 2.34. The van der Waals surface area contributed by atoms with E-state index in [0.29, 0.717) is 45.0 Å². The van der Waals surface area contributed by atoms with Crippen molar-refractivity contribution in [2.45, 2.75) is 35.6 Å². The van der Waals surface area contributed by atoms with Gasteiger partial charge in [-0.1, -0.05) is 71.6 Å². The summed E-state index contributed by atoms with van der Waals surface area (Å²) in [5.41, 5.74) is 3.00. The number of aliphatic hydroxyl groups is 1. The third kappa shape index (κ3) is 5.90. The topological polar surface area (TPSA) is 102 Å². The van der Waals surface area contributed by atoms with Gasteiger partial charge in [0, 0.05) is 22.8 Å². The van der Waals surface area contributed by atoms with Crippen molar-refractivity contribution in [1.82, 2.24) is 10.2 Å². The predicted molar refractivity (Wildman–Crippen MR) is 168 cm³/mol. The number of hydrogen-bond acceptors (Lipinski definition) is 9. The third-order valence-electron chi connectivity index (χ3n) is 7.06. The number of aromatic nitrogens is 2. The van der Waals surface area contributed by atoms with Crippen molar-refractivity contribution in [3.05, 3.63) is 112 Å². The molecule has 11 heteroatoms. The Bertz CT molecular complexity index is 1740. The van der Waals surface area contributed by atoms with E-state index in [9.17, 15) is 14.7 Å². The number of ketones is 1. The Balaban J connectivity index is 1.37. The highest BCUT2D eigenvalue weighted by molar-refractivity contribution is 8.00. The molecule has 2 aliphatic rings. The molecule has 0 saturated carbocycles. The van der Waals surface area contributed by atoms with Crippen LogP contribution in [0.15, 0.2) is 89.3 Å². The van der Waals surface area contributed by atoms with Crippen molar-refractivity contribution in [3.63, 3.8) is 0 Å². The highest BCUT2D eigenvalue weighted by atomic mass is 35.5. The number of halogens is 1. The minimum atomic E-state index is -0.932. The van der Waals surface area contributed by atoms with Crippen LogP contribution in [-0.4, -0.2) is 39.7 Å². The summed E-state index contributed by atoms with van der Waals surface area (Å²) < 4.78 is 12.1. The number of nitrogens with zero attached hydrogens (tertiary/aromatic N) is 3. The zero-order valence-corrected chi connectivity index (χ0v) is 25.4. The number of benzene rings is 3. The molecule has 1 aromatic heterocycles. The van der Waals surface area contributed by atoms with Crippen LogP contribution >= 0.6 is 34.7 Å². The van der Waals surface area contributed by atoms with E-state index in [2.05, 4.69) is 16.8 Å². The molecule has 2 aliphatic heterocycles. The van der Waals surface area contributed by atoms with Gasteiger partial charge in [0.25, 0.3) is 5.78 Å². The van der Waals surface area contributed by atoms with Gasteiger partial charge in [0.05, 0.1) is 11.6 Å². The lowest BCUT2D eigenvalue weighted by molar-refractivity contribution is -0.132. The molecule has 218 valence electrons. The Morgan fingerprint density at radius 1 is 1.16 bits per heavy atom. The van der Waals surface area contributed by atoms with E-state index in [4.69, 9.17) is 21.1 Å². The van der Waals surface area contributed by atoms with Crippen LogP contribution in [-0.2, 0) is 21.8 Å². The number of thioether (sulfide) groups is 1. The van der Waals surface area contributed by atoms with Crippen molar-refractivity contribution >= 4 is 57.3 Å². The van der Waals surface area contributed by atoms with Gasteiger partial charge in [-0.2, -0.15) is 0 Å². The van der Waals surface area contributed by atoms with Gasteiger partial charge in [0.2, 0.25) is 5.13 Å². The van der Waals surface area contributed by atoms with E-state index in [1.807, 2.05) is 31.2 Å². The van der Waals surface area contributed by atoms with Gasteiger partial charge < -0.3 is 14.6 Å². The van der Waals surface area contributed by atoms with Crippen molar-refractivity contribution in [2.75, 3.05) is 11.5 Å². The number of fused-ring (bicyclic) bond motifs is 1. The lowest BCUT2D eigenvalue weighted by Crippen LogP contribution is -2.29. The second kappa shape index (κ2) is 12.2. The summed E-state index contributed by atoms with van der Waals surface area (Å²) in [6.45, 7) is 5.97. The standard InChI is InChI=1S/C32H26ClN3O5S2/c1-3-14-40-24-11-6-20(7-12-24)27-26(28(37)21-8-13-25-22(16-21)15-18(2)41-25)29(38)30(39)36(27)31-34-35-32(43-31)42-17-19-4-9-23(33)10-5-19/h3-13,16,18,27,37H,1,14-15,17H2,2H3/b28-26+. The molecule has 1 fully saturated rings. The van der Waals surface area contributed by atoms with E-state index >= 15 is 0 Å². The number of anilines is 1. The molecule has 0 radical (unpaired) electrons. The SMILES string of the molecule is C=CCOc1ccc(C2/C(=C(\O)c3ccc4c(c3)CC(C)O4)C(=O)C(=O)N2c2nnc(SCc3ccc(Cl)cc3)s2)cc1. The number of aliphatic hydroxyl groups excluding tert-OH is 1. The average molecular weight is 632 g/mol. The molecule has 3 aromatic carbocycles. The number of amides is 1. The maximum Gasteiger partial charge on any atom is 0.301 e. The number of carbonyl (C=O) groups excluding carboxylic acids is 2. The fraction of sp³-hybridized carbons (Fsp3) is 0.188. The first-order valence-corrected chi connectivity index (χ1v) is 15.7. The highest BCUT2D eigenvalue weighted by Gasteiger charge is 2.48. The molecule has 1 saturated heterocycles. The van der Waals surface area contributed by atoms with Crippen molar-refractivity contribution < 1.29 is 24.2 Å². The summed E-state index contributed by atoms with van der Waals surface area (Å²) in [5.74, 6) is 0.119. The molecule has 43 heavy (non-hydrogen) atoms. The van der Waals surface area contributed by atoms with E-state index < -0.39 is 17.7 Å². The van der Waals surface area contributed by atoms with Gasteiger partial charge >= 0.3 is 5.91 Å². The van der Waals surface area contributed by atoms with Crippen LogP contribution in [0, 0.1) is 0 Å². The smallest absolute Gasteiger partial charge is 0.301 e. The predicted octanol–water partition coefficient (Wildman–Crippen LogP) is 7.00. The molecule has 0 aliphatic carbocycles. The Morgan fingerprint density at radius 2 is 1.93 bits per heavy atom. The van der Waals surface area contributed by atoms with E-state index in [1.165, 1.54) is 28.0 Å². The van der Waals surface area contributed by atoms with Crippen LogP contribution in [0.4, 0.5) is 5.13 Å². The van der Waals surface area contributed by atoms with Crippen LogP contribution in [0.1, 0.15) is 35.2 Å². The molecule has 2 atom stereocenters. The minimum absolute atomic E-state index is 0.0176. The van der Waals surface area contributed by atoms with Crippen LogP contribution in [0.25, 0.3) is 5.76 Å². The number of Topliss-reactive ketones (excluding diaryl/α,β-unsaturated/α-hetero) is 1. The normalized spacial score (nSPS) is 18.9. The summed E-state index contributed by atoms with van der Waals surface area (Å²) >= 11 is 8.67. The molecule has 8 nitrogen and oxygen atoms in total. The average Bonchev–Trinajstić information content (AvgIpc) is 3.70. The lowest BCUT2D eigenvalue weighted by atomic mass is 9.94. The summed E-state index contributed by atoms with van der Waals surface area (Å²) in [7, 11) is 0. The maximum absolute atomic E-state index is 13.6. The number of ether oxygens (including phenoxy) is 2. The molecule has 0 bridgehead atoms. The Labute approximate surface area is 261 Å². The van der Waals surface area contributed by atoms with Crippen molar-refractivity contribution in [1.29, 1.82) is 0 Å². The largest absolute Gasteiger partial charge is 0.507 e. The first kappa shape index (κ1) is 29.0. The van der Waals surface area contributed by atoms with Gasteiger partial charge in [-0.15, -0.1) is 10.2 Å². The number of rotatable bonds is 9. The zero-order chi connectivity index (χ0) is 30.1. The third-order valence-corrected chi connectivity index (χ3v) is 9.43. The molecule has 6 rings (SSSR count). The lowest BCUT2D eigenvalue weighted by Gasteiger charge is -2.22. The number of hydrogen-bond donors (Lipinski definition) is 1. The molecule has 0 spiro atoms. The van der Waals surface area contributed by atoms with Crippen molar-refractivity contribution in [2.24, 2.45) is 0 Å². The molecule has 1 N–H and O–H groups in total. The Hall–Kier alpha value is -4.12. The molecule has 4 aromatic rings. The number of carbonyl (C=O) groups is 2. The van der Waals surface area contributed by atoms with Gasteiger partial charge in [0.1, 0.15) is 30.0 Å². The van der Waals surface area contributed by atoms with E-state index in [0.717, 1.165) is 16.9 Å². The van der Waals surface area contributed by atoms with Crippen LogP contribution in [0.2, 0.25) is 5.02 Å². The van der Waals surface area contributed by atoms with Crippen molar-refractivity contribution in [3.8, 4) is 11.5 Å². The van der Waals surface area contributed by atoms with Gasteiger partial charge in [0.15, 0.2) is 4.34 Å². The zero-order valence-electron chi connectivity index (χ0n) is 23.0. The molecule has 2 unspecified atom stereocenters. The van der Waals surface area contributed by atoms with Gasteiger partial charge in [-0.25, -0.2) is 0 Å². The maximum atomic E-state index is 13.6. The molecule has 3 heterocycles. The second-order valence-electron chi connectivity index (χ2n) is 10.1. The first-order chi connectivity index (χ1) is 20.8. The highest BCUT2D eigenvalue weighted by Crippen LogP contribution is 2.45. The van der Waals surface area contributed by atoms with Crippen LogP contribution in [0.5, 0.6) is 11.5 Å². The van der Waals surface area contributed by atoms with Gasteiger partial charge in [-0.05, 0) is 66.1 Å².